The molecule has 1 aromatic rings. The minimum absolute atomic E-state index is 0.0966. The minimum Gasteiger partial charge on any atom is -0.466 e. The summed E-state index contributed by atoms with van der Waals surface area (Å²) in [7, 11) is 0. The normalized spacial score (nSPS) is 10.8. The molecule has 124 valence electrons. The van der Waals surface area contributed by atoms with Gasteiger partial charge < -0.3 is 9.47 Å². The second-order valence-electron chi connectivity index (χ2n) is 4.20. The van der Waals surface area contributed by atoms with Gasteiger partial charge in [0.25, 0.3) is 5.91 Å². The fourth-order valence-electron chi connectivity index (χ4n) is 1.54. The molecule has 0 aliphatic heterocycles. The standard InChI is InChI=1S/C15H17ClN2O5/c1-3-22-13(20)9-12(19)17-18-14(15(21)23-4-2)10-5-7-11(16)8-6-10/h5-8H,3-4,9H2,1-2H3,(H,17,19)/b18-14+. The molecule has 0 heterocycles. The van der Waals surface area contributed by atoms with Crippen LogP contribution in [0.1, 0.15) is 25.8 Å². The number of halogens is 1. The molecule has 8 heteroatoms. The van der Waals surface area contributed by atoms with Gasteiger partial charge in [0.05, 0.1) is 13.2 Å². The van der Waals surface area contributed by atoms with Gasteiger partial charge in [0.15, 0.2) is 5.71 Å². The second kappa shape index (κ2) is 9.58. The third-order valence-electron chi connectivity index (χ3n) is 2.49. The molecule has 0 aliphatic carbocycles. The van der Waals surface area contributed by atoms with Gasteiger partial charge in [-0.15, -0.1) is 0 Å². The summed E-state index contributed by atoms with van der Waals surface area (Å²) in [5.41, 5.74) is 2.46. The quantitative estimate of drug-likeness (QED) is 0.353. The smallest absolute Gasteiger partial charge is 0.359 e. The number of benzene rings is 1. The third-order valence-corrected chi connectivity index (χ3v) is 2.74. The van der Waals surface area contributed by atoms with Gasteiger partial charge in [0.1, 0.15) is 6.42 Å². The number of esters is 2. The highest BCUT2D eigenvalue weighted by Crippen LogP contribution is 2.11. The number of nitrogens with one attached hydrogen (secondary N) is 1. The van der Waals surface area contributed by atoms with E-state index in [-0.39, 0.29) is 18.9 Å². The first-order chi connectivity index (χ1) is 11.0. The van der Waals surface area contributed by atoms with Crippen molar-refractivity contribution in [2.75, 3.05) is 13.2 Å². The van der Waals surface area contributed by atoms with Crippen molar-refractivity contribution in [2.24, 2.45) is 5.10 Å². The number of rotatable bonds is 7. The van der Waals surface area contributed by atoms with Crippen LogP contribution >= 0.6 is 11.6 Å². The van der Waals surface area contributed by atoms with Crippen LogP contribution in [0.4, 0.5) is 0 Å². The first-order valence-corrected chi connectivity index (χ1v) is 7.30. The van der Waals surface area contributed by atoms with Crippen LogP contribution in [0.15, 0.2) is 29.4 Å². The van der Waals surface area contributed by atoms with Crippen LogP contribution in [0.25, 0.3) is 0 Å². The largest absolute Gasteiger partial charge is 0.466 e. The zero-order chi connectivity index (χ0) is 17.2. The Bertz CT molecular complexity index is 598. The van der Waals surface area contributed by atoms with E-state index in [9.17, 15) is 14.4 Å². The average molecular weight is 341 g/mol. The monoisotopic (exact) mass is 340 g/mol. The van der Waals surface area contributed by atoms with Crippen molar-refractivity contribution < 1.29 is 23.9 Å². The van der Waals surface area contributed by atoms with Crippen LogP contribution in [0, 0.1) is 0 Å². The first-order valence-electron chi connectivity index (χ1n) is 6.93. The fourth-order valence-corrected chi connectivity index (χ4v) is 1.66. The van der Waals surface area contributed by atoms with Gasteiger partial charge in [-0.25, -0.2) is 10.2 Å². The number of nitrogens with zero attached hydrogens (tertiary/aromatic N) is 1. The number of hydrogen-bond donors (Lipinski definition) is 1. The maximum atomic E-state index is 11.9. The molecule has 0 radical (unpaired) electrons. The molecule has 1 N–H and O–H groups in total. The average Bonchev–Trinajstić information content (AvgIpc) is 2.49. The molecule has 1 aromatic carbocycles. The van der Waals surface area contributed by atoms with Gasteiger partial charge >= 0.3 is 11.9 Å². The van der Waals surface area contributed by atoms with Gasteiger partial charge in [-0.2, -0.15) is 5.10 Å². The molecule has 0 unspecified atom stereocenters. The number of amides is 1. The van der Waals surface area contributed by atoms with Crippen molar-refractivity contribution in [1.82, 2.24) is 5.43 Å². The number of ether oxygens (including phenoxy) is 2. The van der Waals surface area contributed by atoms with E-state index in [1.807, 2.05) is 0 Å². The van der Waals surface area contributed by atoms with Gasteiger partial charge in [0, 0.05) is 10.6 Å². The van der Waals surface area contributed by atoms with E-state index in [1.165, 1.54) is 0 Å². The zero-order valence-electron chi connectivity index (χ0n) is 12.8. The third kappa shape index (κ3) is 6.48. The summed E-state index contributed by atoms with van der Waals surface area (Å²) in [6.45, 7) is 3.61. The molecule has 0 saturated carbocycles. The minimum atomic E-state index is -0.703. The molecule has 0 bridgehead atoms. The van der Waals surface area contributed by atoms with Crippen LogP contribution < -0.4 is 5.43 Å². The predicted molar refractivity (Wildman–Crippen MR) is 84.0 cm³/mol. The first kappa shape index (κ1) is 18.6. The predicted octanol–water partition coefficient (Wildman–Crippen LogP) is 1.68. The lowest BCUT2D eigenvalue weighted by atomic mass is 10.1. The number of carbonyl (C=O) groups excluding carboxylic acids is 3. The Morgan fingerprint density at radius 3 is 2.26 bits per heavy atom. The van der Waals surface area contributed by atoms with Crippen molar-refractivity contribution in [3.63, 3.8) is 0 Å². The summed E-state index contributed by atoms with van der Waals surface area (Å²) in [5, 5.41) is 4.24. The van der Waals surface area contributed by atoms with Crippen molar-refractivity contribution in [2.45, 2.75) is 20.3 Å². The molecule has 7 nitrogen and oxygen atoms in total. The van der Waals surface area contributed by atoms with Gasteiger partial charge in [0.2, 0.25) is 0 Å². The summed E-state index contributed by atoms with van der Waals surface area (Å²) in [6, 6.07) is 6.28. The van der Waals surface area contributed by atoms with Crippen LogP contribution in [-0.2, 0) is 23.9 Å². The van der Waals surface area contributed by atoms with Crippen molar-refractivity contribution in [3.05, 3.63) is 34.9 Å². The Morgan fingerprint density at radius 2 is 1.70 bits per heavy atom. The molecule has 0 aliphatic rings. The maximum Gasteiger partial charge on any atom is 0.359 e. The Labute approximate surface area is 138 Å². The SMILES string of the molecule is CCOC(=O)CC(=O)N/N=C(/C(=O)OCC)c1ccc(Cl)cc1. The van der Waals surface area contributed by atoms with Gasteiger partial charge in [-0.1, -0.05) is 23.7 Å². The topological polar surface area (TPSA) is 94.1 Å². The molecule has 1 rings (SSSR count). The molecular weight excluding hydrogens is 324 g/mol. The summed E-state index contributed by atoms with van der Waals surface area (Å²) >= 11 is 5.79. The van der Waals surface area contributed by atoms with E-state index in [0.29, 0.717) is 10.6 Å². The maximum absolute atomic E-state index is 11.9. The van der Waals surface area contributed by atoms with E-state index < -0.39 is 24.3 Å². The molecule has 0 atom stereocenters. The summed E-state index contributed by atoms with van der Waals surface area (Å²) in [4.78, 5) is 34.7. The van der Waals surface area contributed by atoms with Crippen LogP contribution in [0.2, 0.25) is 5.02 Å². The highest BCUT2D eigenvalue weighted by atomic mass is 35.5. The molecular formula is C15H17ClN2O5. The summed E-state index contributed by atoms with van der Waals surface area (Å²) in [5.74, 6) is -2.07. The molecule has 0 fully saturated rings. The molecule has 23 heavy (non-hydrogen) atoms. The van der Waals surface area contributed by atoms with E-state index in [0.717, 1.165) is 0 Å². The second-order valence-corrected chi connectivity index (χ2v) is 4.64. The fraction of sp³-hybridized carbons (Fsp3) is 0.333. The summed E-state index contributed by atoms with van der Waals surface area (Å²) < 4.78 is 9.54. The Hall–Kier alpha value is -2.41. The number of hydrogen-bond acceptors (Lipinski definition) is 6. The van der Waals surface area contributed by atoms with Crippen LogP contribution in [-0.4, -0.2) is 36.8 Å². The van der Waals surface area contributed by atoms with Gasteiger partial charge in [-0.05, 0) is 26.0 Å². The lowest BCUT2D eigenvalue weighted by Crippen LogP contribution is -2.27. The van der Waals surface area contributed by atoms with E-state index in [1.54, 1.807) is 38.1 Å². The van der Waals surface area contributed by atoms with E-state index in [4.69, 9.17) is 16.3 Å². The van der Waals surface area contributed by atoms with Crippen LogP contribution in [0.3, 0.4) is 0 Å². The Balaban J connectivity index is 2.87. The summed E-state index contributed by atoms with van der Waals surface area (Å²) in [6.07, 6.45) is -0.492. The van der Waals surface area contributed by atoms with Crippen LogP contribution in [0.5, 0.6) is 0 Å². The zero-order valence-corrected chi connectivity index (χ0v) is 13.6. The lowest BCUT2D eigenvalue weighted by molar-refractivity contribution is -0.146. The highest BCUT2D eigenvalue weighted by molar-refractivity contribution is 6.43. The van der Waals surface area contributed by atoms with Crippen molar-refractivity contribution in [3.8, 4) is 0 Å². The highest BCUT2D eigenvalue weighted by Gasteiger charge is 2.17. The van der Waals surface area contributed by atoms with E-state index in [2.05, 4.69) is 15.3 Å². The van der Waals surface area contributed by atoms with Crippen molar-refractivity contribution in [1.29, 1.82) is 0 Å². The van der Waals surface area contributed by atoms with E-state index >= 15 is 0 Å². The molecule has 0 aromatic heterocycles. The van der Waals surface area contributed by atoms with Gasteiger partial charge in [-0.3, -0.25) is 9.59 Å². The van der Waals surface area contributed by atoms with Crippen molar-refractivity contribution >= 4 is 35.2 Å². The lowest BCUT2D eigenvalue weighted by Gasteiger charge is -2.07. The molecule has 0 spiro atoms. The number of hydrazone groups is 1. The Kier molecular flexibility index (Phi) is 7.76. The Morgan fingerprint density at radius 1 is 1.09 bits per heavy atom. The molecule has 1 amide bonds. The number of carbonyl (C=O) groups is 3. The molecule has 0 saturated heterocycles.